The molecular formula is C16H28N4. The first kappa shape index (κ1) is 14.1. The lowest BCUT2D eigenvalue weighted by Gasteiger charge is -2.37. The maximum absolute atomic E-state index is 5.84. The zero-order valence-electron chi connectivity index (χ0n) is 12.7. The van der Waals surface area contributed by atoms with Crippen LogP contribution >= 0.6 is 0 Å². The molecule has 0 spiro atoms. The van der Waals surface area contributed by atoms with Crippen LogP contribution in [-0.2, 0) is 6.54 Å². The minimum atomic E-state index is 0.652. The Morgan fingerprint density at radius 3 is 2.80 bits per heavy atom. The van der Waals surface area contributed by atoms with Crippen molar-refractivity contribution in [1.29, 1.82) is 0 Å². The van der Waals surface area contributed by atoms with E-state index in [-0.39, 0.29) is 0 Å². The summed E-state index contributed by atoms with van der Waals surface area (Å²) in [7, 11) is 0. The molecule has 2 N–H and O–H groups in total. The highest BCUT2D eigenvalue weighted by atomic mass is 15.3. The summed E-state index contributed by atoms with van der Waals surface area (Å²) in [5.41, 5.74) is 7.07. The van der Waals surface area contributed by atoms with Crippen molar-refractivity contribution >= 4 is 0 Å². The zero-order chi connectivity index (χ0) is 13.9. The zero-order valence-corrected chi connectivity index (χ0v) is 12.7. The highest BCUT2D eigenvalue weighted by molar-refractivity contribution is 5.01. The van der Waals surface area contributed by atoms with Crippen LogP contribution in [-0.4, -0.2) is 33.8 Å². The molecule has 4 heteroatoms. The second-order valence-electron chi connectivity index (χ2n) is 6.68. The lowest BCUT2D eigenvalue weighted by molar-refractivity contribution is 0.111. The summed E-state index contributed by atoms with van der Waals surface area (Å²) >= 11 is 0. The molecule has 2 aliphatic rings. The molecule has 20 heavy (non-hydrogen) atoms. The highest BCUT2D eigenvalue weighted by Gasteiger charge is 2.25. The maximum Gasteiger partial charge on any atom is 0.0765 e. The predicted molar refractivity (Wildman–Crippen MR) is 81.4 cm³/mol. The van der Waals surface area contributed by atoms with E-state index in [1.165, 1.54) is 44.2 Å². The first-order chi connectivity index (χ1) is 9.76. The Morgan fingerprint density at radius 1 is 1.25 bits per heavy atom. The van der Waals surface area contributed by atoms with Gasteiger partial charge in [-0.2, -0.15) is 5.10 Å². The predicted octanol–water partition coefficient (Wildman–Crippen LogP) is 2.56. The van der Waals surface area contributed by atoms with E-state index in [0.717, 1.165) is 19.6 Å². The molecule has 2 heterocycles. The smallest absolute Gasteiger partial charge is 0.0765 e. The average molecular weight is 276 g/mol. The standard InChI is InChI=1S/C16H28N4/c1-13-6-7-14(10-17)11-19(13)12-15-8-9-20(18-15)16-4-2-3-5-16/h8-9,13-14,16H,2-7,10-12,17H2,1H3. The van der Waals surface area contributed by atoms with Gasteiger partial charge in [0.25, 0.3) is 0 Å². The largest absolute Gasteiger partial charge is 0.330 e. The fourth-order valence-electron chi connectivity index (χ4n) is 3.72. The third-order valence-electron chi connectivity index (χ3n) is 5.17. The molecule has 0 radical (unpaired) electrons. The number of hydrogen-bond acceptors (Lipinski definition) is 3. The monoisotopic (exact) mass is 276 g/mol. The van der Waals surface area contributed by atoms with Crippen molar-refractivity contribution in [2.45, 2.75) is 64.1 Å². The van der Waals surface area contributed by atoms with Gasteiger partial charge in [-0.25, -0.2) is 0 Å². The van der Waals surface area contributed by atoms with E-state index in [2.05, 4.69) is 28.8 Å². The second-order valence-corrected chi connectivity index (χ2v) is 6.68. The van der Waals surface area contributed by atoms with E-state index in [9.17, 15) is 0 Å². The van der Waals surface area contributed by atoms with Crippen molar-refractivity contribution in [3.8, 4) is 0 Å². The van der Waals surface area contributed by atoms with Crippen LogP contribution in [0.5, 0.6) is 0 Å². The van der Waals surface area contributed by atoms with Gasteiger partial charge in [0.1, 0.15) is 0 Å². The number of likely N-dealkylation sites (tertiary alicyclic amines) is 1. The van der Waals surface area contributed by atoms with Gasteiger partial charge < -0.3 is 5.73 Å². The fraction of sp³-hybridized carbons (Fsp3) is 0.812. The van der Waals surface area contributed by atoms with Crippen molar-refractivity contribution in [2.24, 2.45) is 11.7 Å². The third kappa shape index (κ3) is 3.07. The molecule has 1 saturated carbocycles. The molecule has 1 aliphatic heterocycles. The van der Waals surface area contributed by atoms with Crippen LogP contribution in [0.1, 0.15) is 57.2 Å². The van der Waals surface area contributed by atoms with Crippen LogP contribution in [0.2, 0.25) is 0 Å². The van der Waals surface area contributed by atoms with E-state index in [1.807, 2.05) is 0 Å². The molecule has 0 amide bonds. The Hall–Kier alpha value is -0.870. The van der Waals surface area contributed by atoms with E-state index in [1.54, 1.807) is 0 Å². The van der Waals surface area contributed by atoms with Gasteiger partial charge in [0.2, 0.25) is 0 Å². The number of rotatable bonds is 4. The molecule has 2 unspecified atom stereocenters. The molecule has 2 fully saturated rings. The van der Waals surface area contributed by atoms with Crippen molar-refractivity contribution in [2.75, 3.05) is 13.1 Å². The molecule has 1 saturated heterocycles. The SMILES string of the molecule is CC1CCC(CN)CN1Cc1ccn(C2CCCC2)n1. The van der Waals surface area contributed by atoms with Gasteiger partial charge in [-0.3, -0.25) is 9.58 Å². The summed E-state index contributed by atoms with van der Waals surface area (Å²) < 4.78 is 2.21. The number of nitrogens with two attached hydrogens (primary N) is 1. The molecule has 1 aliphatic carbocycles. The Kier molecular flexibility index (Phi) is 4.41. The molecule has 1 aromatic rings. The van der Waals surface area contributed by atoms with Gasteiger partial charge in [0.05, 0.1) is 11.7 Å². The lowest BCUT2D eigenvalue weighted by atomic mass is 9.93. The Morgan fingerprint density at radius 2 is 2.05 bits per heavy atom. The fourth-order valence-corrected chi connectivity index (χ4v) is 3.72. The molecular weight excluding hydrogens is 248 g/mol. The summed E-state index contributed by atoms with van der Waals surface area (Å²) in [4.78, 5) is 2.56. The van der Waals surface area contributed by atoms with E-state index >= 15 is 0 Å². The van der Waals surface area contributed by atoms with Crippen molar-refractivity contribution in [3.05, 3.63) is 18.0 Å². The van der Waals surface area contributed by atoms with Crippen LogP contribution in [0.15, 0.2) is 12.3 Å². The molecule has 0 bridgehead atoms. The first-order valence-corrected chi connectivity index (χ1v) is 8.24. The van der Waals surface area contributed by atoms with Gasteiger partial charge in [-0.1, -0.05) is 12.8 Å². The minimum absolute atomic E-state index is 0.652. The quantitative estimate of drug-likeness (QED) is 0.919. The molecule has 0 aromatic carbocycles. The summed E-state index contributed by atoms with van der Waals surface area (Å²) in [5.74, 6) is 0.670. The number of aromatic nitrogens is 2. The Balaban J connectivity index is 1.61. The Bertz CT molecular complexity index is 422. The van der Waals surface area contributed by atoms with Gasteiger partial charge in [0.15, 0.2) is 0 Å². The minimum Gasteiger partial charge on any atom is -0.330 e. The Labute approximate surface area is 122 Å². The molecule has 1 aromatic heterocycles. The first-order valence-electron chi connectivity index (χ1n) is 8.24. The van der Waals surface area contributed by atoms with E-state index in [4.69, 9.17) is 10.8 Å². The lowest BCUT2D eigenvalue weighted by Crippen LogP contribution is -2.43. The van der Waals surface area contributed by atoms with Gasteiger partial charge in [-0.15, -0.1) is 0 Å². The van der Waals surface area contributed by atoms with Gasteiger partial charge in [0, 0.05) is 25.3 Å². The number of nitrogens with zero attached hydrogens (tertiary/aromatic N) is 3. The van der Waals surface area contributed by atoms with Crippen LogP contribution < -0.4 is 5.73 Å². The molecule has 4 nitrogen and oxygen atoms in total. The molecule has 2 atom stereocenters. The average Bonchev–Trinajstić information content (AvgIpc) is 3.12. The summed E-state index contributed by atoms with van der Waals surface area (Å²) in [5, 5.41) is 4.82. The number of hydrogen-bond donors (Lipinski definition) is 1. The summed E-state index contributed by atoms with van der Waals surface area (Å²) in [6, 6.07) is 3.52. The normalized spacial score (nSPS) is 29.1. The second kappa shape index (κ2) is 6.27. The van der Waals surface area contributed by atoms with Crippen LogP contribution in [0.3, 0.4) is 0 Å². The van der Waals surface area contributed by atoms with Crippen LogP contribution in [0.4, 0.5) is 0 Å². The van der Waals surface area contributed by atoms with Crippen LogP contribution in [0, 0.1) is 5.92 Å². The highest BCUT2D eigenvalue weighted by Crippen LogP contribution is 2.29. The van der Waals surface area contributed by atoms with E-state index < -0.39 is 0 Å². The summed E-state index contributed by atoms with van der Waals surface area (Å²) in [6.07, 6.45) is 10.1. The van der Waals surface area contributed by atoms with Gasteiger partial charge >= 0.3 is 0 Å². The number of piperidine rings is 1. The summed E-state index contributed by atoms with van der Waals surface area (Å²) in [6.45, 7) is 5.27. The van der Waals surface area contributed by atoms with Crippen molar-refractivity contribution < 1.29 is 0 Å². The van der Waals surface area contributed by atoms with E-state index in [0.29, 0.717) is 18.0 Å². The van der Waals surface area contributed by atoms with Gasteiger partial charge in [-0.05, 0) is 51.1 Å². The molecule has 3 rings (SSSR count). The third-order valence-corrected chi connectivity index (χ3v) is 5.17. The van der Waals surface area contributed by atoms with Crippen LogP contribution in [0.25, 0.3) is 0 Å². The van der Waals surface area contributed by atoms with Crippen molar-refractivity contribution in [1.82, 2.24) is 14.7 Å². The molecule has 112 valence electrons. The maximum atomic E-state index is 5.84. The van der Waals surface area contributed by atoms with Crippen molar-refractivity contribution in [3.63, 3.8) is 0 Å². The topological polar surface area (TPSA) is 47.1 Å².